The van der Waals surface area contributed by atoms with Gasteiger partial charge in [-0.25, -0.2) is 0 Å². The summed E-state index contributed by atoms with van der Waals surface area (Å²) in [6.07, 6.45) is 7.45. The summed E-state index contributed by atoms with van der Waals surface area (Å²) in [5.41, 5.74) is 2.58. The van der Waals surface area contributed by atoms with Crippen molar-refractivity contribution in [3.63, 3.8) is 0 Å². The second-order valence-corrected chi connectivity index (χ2v) is 7.63. The molecule has 0 spiro atoms. The lowest BCUT2D eigenvalue weighted by Crippen LogP contribution is -2.38. The first-order valence-electron chi connectivity index (χ1n) is 11.1. The topological polar surface area (TPSA) is 70.7 Å². The lowest BCUT2D eigenvalue weighted by molar-refractivity contribution is 0.0203. The summed E-state index contributed by atoms with van der Waals surface area (Å²) in [4.78, 5) is 8.06. The molecular formula is C23H36N4O2. The number of nitrogens with zero attached hydrogens (tertiary/aromatic N) is 1. The van der Waals surface area contributed by atoms with Crippen molar-refractivity contribution in [2.75, 3.05) is 46.1 Å². The Morgan fingerprint density at radius 2 is 2.07 bits per heavy atom. The SMILES string of the molecule is CCNC(=NCCCc1c[nH]c2ccccc12)NCCCOCC1CCOCC1. The summed E-state index contributed by atoms with van der Waals surface area (Å²) in [5, 5.41) is 8.06. The van der Waals surface area contributed by atoms with Gasteiger partial charge in [0.25, 0.3) is 0 Å². The molecule has 0 radical (unpaired) electrons. The highest BCUT2D eigenvalue weighted by atomic mass is 16.5. The number of benzene rings is 1. The van der Waals surface area contributed by atoms with Gasteiger partial charge in [-0.1, -0.05) is 18.2 Å². The van der Waals surface area contributed by atoms with Crippen molar-refractivity contribution in [3.05, 3.63) is 36.0 Å². The Bertz CT molecular complexity index is 737. The molecule has 2 heterocycles. The van der Waals surface area contributed by atoms with Gasteiger partial charge in [-0.15, -0.1) is 0 Å². The Labute approximate surface area is 174 Å². The van der Waals surface area contributed by atoms with Crippen molar-refractivity contribution in [1.82, 2.24) is 15.6 Å². The number of H-pyrrole nitrogens is 1. The highest BCUT2D eigenvalue weighted by Crippen LogP contribution is 2.19. The van der Waals surface area contributed by atoms with Crippen molar-refractivity contribution in [1.29, 1.82) is 0 Å². The van der Waals surface area contributed by atoms with E-state index in [1.807, 2.05) is 0 Å². The monoisotopic (exact) mass is 400 g/mol. The smallest absolute Gasteiger partial charge is 0.191 e. The van der Waals surface area contributed by atoms with E-state index in [2.05, 4.69) is 53.0 Å². The van der Waals surface area contributed by atoms with Gasteiger partial charge in [0, 0.05) is 63.2 Å². The van der Waals surface area contributed by atoms with Crippen molar-refractivity contribution in [2.45, 2.75) is 39.0 Å². The van der Waals surface area contributed by atoms with Crippen molar-refractivity contribution >= 4 is 16.9 Å². The van der Waals surface area contributed by atoms with E-state index >= 15 is 0 Å². The minimum Gasteiger partial charge on any atom is -0.381 e. The Morgan fingerprint density at radius 3 is 2.93 bits per heavy atom. The van der Waals surface area contributed by atoms with E-state index < -0.39 is 0 Å². The van der Waals surface area contributed by atoms with Crippen LogP contribution < -0.4 is 10.6 Å². The normalized spacial score (nSPS) is 15.7. The average Bonchev–Trinajstić information content (AvgIpc) is 3.17. The zero-order valence-electron chi connectivity index (χ0n) is 17.7. The maximum atomic E-state index is 5.83. The van der Waals surface area contributed by atoms with Gasteiger partial charge >= 0.3 is 0 Å². The van der Waals surface area contributed by atoms with E-state index in [4.69, 9.17) is 14.5 Å². The molecule has 1 fully saturated rings. The van der Waals surface area contributed by atoms with E-state index in [0.29, 0.717) is 5.92 Å². The minimum absolute atomic E-state index is 0.674. The third-order valence-electron chi connectivity index (χ3n) is 5.35. The van der Waals surface area contributed by atoms with E-state index in [-0.39, 0.29) is 0 Å². The second-order valence-electron chi connectivity index (χ2n) is 7.63. The molecule has 0 aliphatic carbocycles. The van der Waals surface area contributed by atoms with Gasteiger partial charge in [0.1, 0.15) is 0 Å². The first-order valence-corrected chi connectivity index (χ1v) is 11.1. The molecule has 1 saturated heterocycles. The Morgan fingerprint density at radius 1 is 1.21 bits per heavy atom. The first kappa shape index (κ1) is 21.7. The van der Waals surface area contributed by atoms with Crippen LogP contribution in [0.25, 0.3) is 10.9 Å². The van der Waals surface area contributed by atoms with Crippen LogP contribution in [0.2, 0.25) is 0 Å². The highest BCUT2D eigenvalue weighted by Gasteiger charge is 2.13. The number of para-hydroxylation sites is 1. The van der Waals surface area contributed by atoms with E-state index in [0.717, 1.165) is 84.1 Å². The van der Waals surface area contributed by atoms with Crippen LogP contribution in [0.5, 0.6) is 0 Å². The van der Waals surface area contributed by atoms with Gasteiger partial charge < -0.3 is 25.1 Å². The van der Waals surface area contributed by atoms with Crippen molar-refractivity contribution in [3.8, 4) is 0 Å². The van der Waals surface area contributed by atoms with Crippen LogP contribution in [0.1, 0.15) is 38.2 Å². The fourth-order valence-corrected chi connectivity index (χ4v) is 3.68. The van der Waals surface area contributed by atoms with Crippen molar-refractivity contribution in [2.24, 2.45) is 10.9 Å². The molecular weight excluding hydrogens is 364 g/mol. The molecule has 29 heavy (non-hydrogen) atoms. The van der Waals surface area contributed by atoms with Crippen LogP contribution in [0.4, 0.5) is 0 Å². The lowest BCUT2D eigenvalue weighted by Gasteiger charge is -2.21. The number of hydrogen-bond acceptors (Lipinski definition) is 3. The van der Waals surface area contributed by atoms with Crippen LogP contribution in [-0.2, 0) is 15.9 Å². The molecule has 0 bridgehead atoms. The molecule has 1 aliphatic heterocycles. The van der Waals surface area contributed by atoms with Gasteiger partial charge in [-0.05, 0) is 56.6 Å². The number of aryl methyl sites for hydroxylation is 1. The van der Waals surface area contributed by atoms with Crippen LogP contribution >= 0.6 is 0 Å². The maximum Gasteiger partial charge on any atom is 0.191 e. The summed E-state index contributed by atoms with van der Waals surface area (Å²) < 4.78 is 11.2. The third-order valence-corrected chi connectivity index (χ3v) is 5.35. The van der Waals surface area contributed by atoms with Crippen molar-refractivity contribution < 1.29 is 9.47 Å². The number of hydrogen-bond donors (Lipinski definition) is 3. The first-order chi connectivity index (χ1) is 14.4. The second kappa shape index (κ2) is 12.5. The molecule has 2 aromatic rings. The molecule has 3 rings (SSSR count). The Hall–Kier alpha value is -2.05. The molecule has 1 aliphatic rings. The van der Waals surface area contributed by atoms with E-state index in [1.54, 1.807) is 0 Å². The molecule has 6 heteroatoms. The average molecular weight is 401 g/mol. The molecule has 1 aromatic carbocycles. The number of fused-ring (bicyclic) bond motifs is 1. The fourth-order valence-electron chi connectivity index (χ4n) is 3.68. The number of aromatic amines is 1. The van der Waals surface area contributed by atoms with Gasteiger partial charge in [0.05, 0.1) is 0 Å². The molecule has 3 N–H and O–H groups in total. The minimum atomic E-state index is 0.674. The predicted octanol–water partition coefficient (Wildman–Crippen LogP) is 3.49. The van der Waals surface area contributed by atoms with Gasteiger partial charge in [0.15, 0.2) is 5.96 Å². The van der Waals surface area contributed by atoms with Crippen LogP contribution in [-0.4, -0.2) is 57.0 Å². The summed E-state index contributed by atoms with van der Waals surface area (Å²) in [7, 11) is 0. The highest BCUT2D eigenvalue weighted by molar-refractivity contribution is 5.83. The third kappa shape index (κ3) is 7.37. The van der Waals surface area contributed by atoms with Crippen LogP contribution in [0.15, 0.2) is 35.5 Å². The largest absolute Gasteiger partial charge is 0.381 e. The Kier molecular flexibility index (Phi) is 9.33. The summed E-state index contributed by atoms with van der Waals surface area (Å²) in [5.74, 6) is 1.57. The van der Waals surface area contributed by atoms with Gasteiger partial charge in [-0.2, -0.15) is 0 Å². The van der Waals surface area contributed by atoms with E-state index in [1.165, 1.54) is 16.5 Å². The zero-order valence-corrected chi connectivity index (χ0v) is 17.7. The number of nitrogens with one attached hydrogen (secondary N) is 3. The molecule has 0 atom stereocenters. The molecule has 1 aromatic heterocycles. The molecule has 0 unspecified atom stereocenters. The van der Waals surface area contributed by atoms with Crippen LogP contribution in [0.3, 0.4) is 0 Å². The predicted molar refractivity (Wildman–Crippen MR) is 120 cm³/mol. The zero-order chi connectivity index (χ0) is 20.2. The molecule has 160 valence electrons. The number of aliphatic imine (C=N–C) groups is 1. The number of rotatable bonds is 11. The summed E-state index contributed by atoms with van der Waals surface area (Å²) in [6, 6.07) is 8.47. The quantitative estimate of drug-likeness (QED) is 0.307. The standard InChI is InChI=1S/C23H36N4O2/c1-2-24-23(26-13-6-14-29-18-19-10-15-28-16-11-19)25-12-5-7-20-17-27-22-9-4-3-8-21(20)22/h3-4,8-9,17,19,27H,2,5-7,10-16,18H2,1H3,(H2,24,25,26). The molecule has 6 nitrogen and oxygen atoms in total. The van der Waals surface area contributed by atoms with E-state index in [9.17, 15) is 0 Å². The summed E-state index contributed by atoms with van der Waals surface area (Å²) >= 11 is 0. The number of ether oxygens (including phenoxy) is 2. The Balaban J connectivity index is 1.30. The van der Waals surface area contributed by atoms with Gasteiger partial charge in [-0.3, -0.25) is 4.99 Å². The number of guanidine groups is 1. The molecule has 0 saturated carbocycles. The van der Waals surface area contributed by atoms with Gasteiger partial charge in [0.2, 0.25) is 0 Å². The fraction of sp³-hybridized carbons (Fsp3) is 0.609. The maximum absolute atomic E-state index is 5.83. The lowest BCUT2D eigenvalue weighted by atomic mass is 10.0. The summed E-state index contributed by atoms with van der Waals surface area (Å²) in [6.45, 7) is 8.10. The van der Waals surface area contributed by atoms with Crippen LogP contribution in [0, 0.1) is 5.92 Å². The molecule has 0 amide bonds. The number of aromatic nitrogens is 1.